The maximum Gasteiger partial charge on any atom is 0.137 e. The van der Waals surface area contributed by atoms with E-state index in [-0.39, 0.29) is 4.75 Å². The molecule has 106 valence electrons. The predicted molar refractivity (Wildman–Crippen MR) is 83.9 cm³/mol. The molecule has 1 aliphatic rings. The minimum absolute atomic E-state index is 0.273. The molecule has 0 amide bonds. The fourth-order valence-electron chi connectivity index (χ4n) is 2.41. The average molecular weight is 280 g/mol. The van der Waals surface area contributed by atoms with E-state index in [2.05, 4.69) is 30.7 Å². The first-order valence-corrected chi connectivity index (χ1v) is 7.93. The lowest BCUT2D eigenvalue weighted by molar-refractivity contribution is 0.638. The number of nitrogens with two attached hydrogens (primary N) is 1. The monoisotopic (exact) mass is 280 g/mol. The number of hydrogen-bond acceptors (Lipinski definition) is 5. The maximum atomic E-state index is 6.04. The van der Waals surface area contributed by atoms with Crippen LogP contribution in [0, 0.1) is 6.92 Å². The molecular formula is C14H24N4S. The Balaban J connectivity index is 2.32. The predicted octanol–water partition coefficient (Wildman–Crippen LogP) is 2.65. The number of aromatic nitrogens is 2. The summed E-state index contributed by atoms with van der Waals surface area (Å²) >= 11 is 2.03. The number of nitrogen functional groups attached to an aromatic ring is 1. The third-order valence-corrected chi connectivity index (χ3v) is 4.70. The highest BCUT2D eigenvalue weighted by molar-refractivity contribution is 8.00. The molecule has 0 spiro atoms. The van der Waals surface area contributed by atoms with Crippen molar-refractivity contribution in [2.45, 2.75) is 45.3 Å². The van der Waals surface area contributed by atoms with Crippen molar-refractivity contribution in [1.82, 2.24) is 9.97 Å². The minimum Gasteiger partial charge on any atom is -0.383 e. The van der Waals surface area contributed by atoms with Gasteiger partial charge in [0.15, 0.2) is 0 Å². The van der Waals surface area contributed by atoms with Gasteiger partial charge >= 0.3 is 0 Å². The zero-order valence-electron chi connectivity index (χ0n) is 12.4. The van der Waals surface area contributed by atoms with Gasteiger partial charge in [-0.25, -0.2) is 9.97 Å². The molecule has 5 heteroatoms. The highest BCUT2D eigenvalue weighted by atomic mass is 32.2. The first-order valence-electron chi connectivity index (χ1n) is 6.95. The molecule has 1 fully saturated rings. The Bertz CT molecular complexity index is 459. The molecule has 0 atom stereocenters. The fraction of sp³-hybridized carbons (Fsp3) is 0.714. The lowest BCUT2D eigenvalue weighted by Gasteiger charge is -2.39. The van der Waals surface area contributed by atoms with Crippen LogP contribution in [0.2, 0.25) is 0 Å². The summed E-state index contributed by atoms with van der Waals surface area (Å²) in [6, 6.07) is 0. The van der Waals surface area contributed by atoms with Gasteiger partial charge in [0.2, 0.25) is 0 Å². The van der Waals surface area contributed by atoms with E-state index in [1.165, 1.54) is 0 Å². The van der Waals surface area contributed by atoms with Gasteiger partial charge in [-0.3, -0.25) is 0 Å². The number of anilines is 2. The zero-order valence-corrected chi connectivity index (χ0v) is 13.2. The van der Waals surface area contributed by atoms with Gasteiger partial charge in [0.05, 0.1) is 0 Å². The normalized spacial score (nSPS) is 18.6. The first-order chi connectivity index (χ1) is 8.93. The van der Waals surface area contributed by atoms with Crippen LogP contribution in [0.1, 0.15) is 38.6 Å². The Morgan fingerprint density at radius 2 is 2.11 bits per heavy atom. The number of thioether (sulfide) groups is 1. The molecule has 1 aromatic rings. The summed E-state index contributed by atoms with van der Waals surface area (Å²) in [6.07, 6.45) is 1.94. The minimum atomic E-state index is 0.273. The molecule has 2 rings (SSSR count). The molecule has 0 aliphatic carbocycles. The van der Waals surface area contributed by atoms with Gasteiger partial charge in [-0.15, -0.1) is 0 Å². The topological polar surface area (TPSA) is 55.0 Å². The van der Waals surface area contributed by atoms with Crippen LogP contribution < -0.4 is 10.6 Å². The Morgan fingerprint density at radius 1 is 1.37 bits per heavy atom. The molecule has 0 radical (unpaired) electrons. The lowest BCUT2D eigenvalue weighted by Crippen LogP contribution is -2.44. The molecule has 0 aromatic carbocycles. The Labute approximate surface area is 120 Å². The molecule has 2 N–H and O–H groups in total. The van der Waals surface area contributed by atoms with E-state index in [1.807, 2.05) is 18.7 Å². The van der Waals surface area contributed by atoms with E-state index in [4.69, 9.17) is 10.7 Å². The zero-order chi connectivity index (χ0) is 14.0. The number of nitrogens with zero attached hydrogens (tertiary/aromatic N) is 3. The third-order valence-electron chi connectivity index (χ3n) is 3.40. The van der Waals surface area contributed by atoms with Crippen molar-refractivity contribution >= 4 is 23.4 Å². The second-order valence-corrected chi connectivity index (χ2v) is 7.56. The van der Waals surface area contributed by atoms with Crippen molar-refractivity contribution in [3.8, 4) is 0 Å². The van der Waals surface area contributed by atoms with Gasteiger partial charge < -0.3 is 10.6 Å². The van der Waals surface area contributed by atoms with Gasteiger partial charge in [0.25, 0.3) is 0 Å². The SMILES string of the molecule is CCCc1nc(N)c(C)c(N2CCSC(C)(C)C2)n1. The molecule has 19 heavy (non-hydrogen) atoms. The van der Waals surface area contributed by atoms with Gasteiger partial charge in [0, 0.05) is 35.6 Å². The Kier molecular flexibility index (Phi) is 4.23. The van der Waals surface area contributed by atoms with Gasteiger partial charge in [-0.2, -0.15) is 11.8 Å². The van der Waals surface area contributed by atoms with Crippen molar-refractivity contribution < 1.29 is 0 Å². The Hall–Kier alpha value is -0.970. The summed E-state index contributed by atoms with van der Waals surface area (Å²) in [7, 11) is 0. The van der Waals surface area contributed by atoms with Gasteiger partial charge in [-0.1, -0.05) is 6.92 Å². The molecular weight excluding hydrogens is 256 g/mol. The largest absolute Gasteiger partial charge is 0.383 e. The van der Waals surface area contributed by atoms with Gasteiger partial charge in [-0.05, 0) is 27.2 Å². The van der Waals surface area contributed by atoms with Crippen LogP contribution >= 0.6 is 11.8 Å². The van der Waals surface area contributed by atoms with Crippen LogP contribution in [0.4, 0.5) is 11.6 Å². The van der Waals surface area contributed by atoms with Crippen molar-refractivity contribution in [1.29, 1.82) is 0 Å². The quantitative estimate of drug-likeness (QED) is 0.922. The number of hydrogen-bond donors (Lipinski definition) is 1. The Morgan fingerprint density at radius 3 is 2.74 bits per heavy atom. The lowest BCUT2D eigenvalue weighted by atomic mass is 10.1. The second-order valence-electron chi connectivity index (χ2n) is 5.75. The van der Waals surface area contributed by atoms with E-state index in [0.29, 0.717) is 5.82 Å². The summed E-state index contributed by atoms with van der Waals surface area (Å²) in [6.45, 7) is 10.8. The summed E-state index contributed by atoms with van der Waals surface area (Å²) in [4.78, 5) is 11.5. The van der Waals surface area contributed by atoms with Crippen LogP contribution in [0.25, 0.3) is 0 Å². The molecule has 1 aliphatic heterocycles. The molecule has 1 saturated heterocycles. The summed E-state index contributed by atoms with van der Waals surface area (Å²) in [5.74, 6) is 3.67. The molecule has 0 saturated carbocycles. The summed E-state index contributed by atoms with van der Waals surface area (Å²) < 4.78 is 0.273. The highest BCUT2D eigenvalue weighted by Gasteiger charge is 2.29. The molecule has 0 unspecified atom stereocenters. The van der Waals surface area contributed by atoms with E-state index >= 15 is 0 Å². The fourth-order valence-corrected chi connectivity index (χ4v) is 3.52. The van der Waals surface area contributed by atoms with Crippen molar-refractivity contribution in [3.63, 3.8) is 0 Å². The smallest absolute Gasteiger partial charge is 0.137 e. The van der Waals surface area contributed by atoms with Gasteiger partial charge in [0.1, 0.15) is 17.5 Å². The number of rotatable bonds is 3. The van der Waals surface area contributed by atoms with E-state index < -0.39 is 0 Å². The third kappa shape index (κ3) is 3.32. The molecule has 2 heterocycles. The average Bonchev–Trinajstić information content (AvgIpc) is 2.32. The second kappa shape index (κ2) is 5.57. The summed E-state index contributed by atoms with van der Waals surface area (Å²) in [5, 5.41) is 0. The first kappa shape index (κ1) is 14.4. The van der Waals surface area contributed by atoms with Crippen LogP contribution in [0.15, 0.2) is 0 Å². The van der Waals surface area contributed by atoms with Crippen LogP contribution in [0.5, 0.6) is 0 Å². The van der Waals surface area contributed by atoms with Crippen molar-refractivity contribution in [3.05, 3.63) is 11.4 Å². The molecule has 0 bridgehead atoms. The van der Waals surface area contributed by atoms with E-state index in [9.17, 15) is 0 Å². The highest BCUT2D eigenvalue weighted by Crippen LogP contribution is 2.33. The van der Waals surface area contributed by atoms with Crippen LogP contribution in [0.3, 0.4) is 0 Å². The van der Waals surface area contributed by atoms with E-state index in [0.717, 1.165) is 48.9 Å². The number of aryl methyl sites for hydroxylation is 1. The van der Waals surface area contributed by atoms with Crippen LogP contribution in [-0.4, -0.2) is 33.6 Å². The molecule has 4 nitrogen and oxygen atoms in total. The van der Waals surface area contributed by atoms with Crippen molar-refractivity contribution in [2.75, 3.05) is 29.5 Å². The van der Waals surface area contributed by atoms with Crippen molar-refractivity contribution in [2.24, 2.45) is 0 Å². The standard InChI is InChI=1S/C14H24N4S/c1-5-6-11-16-12(15)10(2)13(17-11)18-7-8-19-14(3,4)9-18/h5-9H2,1-4H3,(H2,15,16,17). The van der Waals surface area contributed by atoms with E-state index in [1.54, 1.807) is 0 Å². The maximum absolute atomic E-state index is 6.04. The van der Waals surface area contributed by atoms with Crippen LogP contribution in [-0.2, 0) is 6.42 Å². The molecule has 1 aromatic heterocycles. The summed E-state index contributed by atoms with van der Waals surface area (Å²) in [5.41, 5.74) is 7.06.